The first-order valence-electron chi connectivity index (χ1n) is 8.11. The van der Waals surface area contributed by atoms with Gasteiger partial charge in [-0.05, 0) is 49.6 Å². The number of aryl methyl sites for hydroxylation is 3. The number of carbonyl (C=O) groups excluding carboxylic acids is 1. The zero-order valence-electron chi connectivity index (χ0n) is 14.7. The fraction of sp³-hybridized carbons (Fsp3) is 0.211. The molecule has 0 atom stereocenters. The third-order valence-electron chi connectivity index (χ3n) is 4.40. The zero-order chi connectivity index (χ0) is 19.0. The number of hydrogen-bond acceptors (Lipinski definition) is 3. The van der Waals surface area contributed by atoms with Crippen molar-refractivity contribution in [2.75, 3.05) is 0 Å². The van der Waals surface area contributed by atoms with E-state index in [-0.39, 0.29) is 17.5 Å². The Hall–Kier alpha value is -3.35. The van der Waals surface area contributed by atoms with Crippen LogP contribution in [0.25, 0.3) is 10.9 Å². The van der Waals surface area contributed by atoms with E-state index in [4.69, 9.17) is 0 Å². The Balaban J connectivity index is 1.92. The zero-order valence-corrected chi connectivity index (χ0v) is 14.7. The molecule has 134 valence electrons. The Bertz CT molecular complexity index is 1070. The molecule has 3 N–H and O–H groups in total. The summed E-state index contributed by atoms with van der Waals surface area (Å²) < 4.78 is 0.802. The average Bonchev–Trinajstić information content (AvgIpc) is 2.90. The van der Waals surface area contributed by atoms with Crippen LogP contribution in [0.1, 0.15) is 32.6 Å². The summed E-state index contributed by atoms with van der Waals surface area (Å²) in [4.78, 5) is 36.2. The van der Waals surface area contributed by atoms with Crippen LogP contribution in [0.5, 0.6) is 0 Å². The van der Waals surface area contributed by atoms with Crippen molar-refractivity contribution in [3.63, 3.8) is 0 Å². The Morgan fingerprint density at radius 1 is 1.15 bits per heavy atom. The Morgan fingerprint density at radius 2 is 1.81 bits per heavy atom. The molecule has 1 aromatic heterocycles. The summed E-state index contributed by atoms with van der Waals surface area (Å²) in [6, 6.07) is 7.83. The summed E-state index contributed by atoms with van der Waals surface area (Å²) in [5.74, 6) is -1.22. The lowest BCUT2D eigenvalue weighted by molar-refractivity contribution is 0.0699. The van der Waals surface area contributed by atoms with E-state index < -0.39 is 17.6 Å². The lowest BCUT2D eigenvalue weighted by Gasteiger charge is -2.12. The summed E-state index contributed by atoms with van der Waals surface area (Å²) in [7, 11) is 0. The predicted molar refractivity (Wildman–Crippen MR) is 97.8 cm³/mol. The molecular formula is C19H19N3O4. The van der Waals surface area contributed by atoms with Gasteiger partial charge in [-0.2, -0.15) is 4.68 Å². The number of rotatable bonds is 3. The number of benzene rings is 2. The highest BCUT2D eigenvalue weighted by atomic mass is 16.4. The van der Waals surface area contributed by atoms with Gasteiger partial charge in [-0.1, -0.05) is 23.8 Å². The molecule has 3 rings (SSSR count). The van der Waals surface area contributed by atoms with Gasteiger partial charge in [-0.15, -0.1) is 0 Å². The number of aromatic amines is 1. The van der Waals surface area contributed by atoms with E-state index in [0.717, 1.165) is 26.9 Å². The Kier molecular flexibility index (Phi) is 4.38. The van der Waals surface area contributed by atoms with Crippen molar-refractivity contribution in [2.45, 2.75) is 27.3 Å². The second-order valence-electron chi connectivity index (χ2n) is 6.32. The molecule has 0 radical (unpaired) electrons. The molecule has 26 heavy (non-hydrogen) atoms. The van der Waals surface area contributed by atoms with Crippen LogP contribution >= 0.6 is 0 Å². The van der Waals surface area contributed by atoms with Gasteiger partial charge < -0.3 is 10.4 Å². The van der Waals surface area contributed by atoms with Gasteiger partial charge in [0.2, 0.25) is 0 Å². The number of nitrogens with one attached hydrogen (secondary N) is 2. The number of fused-ring (bicyclic) bond motifs is 1. The minimum Gasteiger partial charge on any atom is -0.478 e. The van der Waals surface area contributed by atoms with E-state index in [2.05, 4.69) is 10.4 Å². The van der Waals surface area contributed by atoms with E-state index in [1.807, 2.05) is 32.9 Å². The van der Waals surface area contributed by atoms with E-state index in [0.29, 0.717) is 5.52 Å². The number of aromatic nitrogens is 2. The number of carboxylic acids is 1. The number of amides is 1. The molecule has 0 saturated carbocycles. The van der Waals surface area contributed by atoms with E-state index in [9.17, 15) is 19.5 Å². The van der Waals surface area contributed by atoms with Crippen LogP contribution in [0.15, 0.2) is 35.1 Å². The quantitative estimate of drug-likeness (QED) is 0.673. The standard InChI is InChI=1S/C19H19N3O4/c1-10-7-11(2)14(12(3)8-10)9-20-19(26)22-17(23)16-13(18(24)25)5-4-6-15(16)21-22/h4-8,21H,9H2,1-3H3,(H,20,26)(H,24,25). The third-order valence-corrected chi connectivity index (χ3v) is 4.40. The number of aromatic carboxylic acids is 1. The summed E-state index contributed by atoms with van der Waals surface area (Å²) in [5.41, 5.74) is 3.71. The van der Waals surface area contributed by atoms with Gasteiger partial charge >= 0.3 is 12.0 Å². The Morgan fingerprint density at radius 3 is 2.42 bits per heavy atom. The van der Waals surface area contributed by atoms with E-state index in [1.54, 1.807) is 6.07 Å². The first-order valence-corrected chi connectivity index (χ1v) is 8.11. The molecule has 0 aliphatic carbocycles. The van der Waals surface area contributed by atoms with Crippen molar-refractivity contribution in [3.8, 4) is 0 Å². The molecule has 0 aliphatic heterocycles. The summed E-state index contributed by atoms with van der Waals surface area (Å²) in [6.45, 7) is 6.21. The number of carbonyl (C=O) groups is 2. The lowest BCUT2D eigenvalue weighted by Crippen LogP contribution is -2.35. The minimum atomic E-state index is -1.22. The van der Waals surface area contributed by atoms with Crippen LogP contribution in [0.2, 0.25) is 0 Å². The second-order valence-corrected chi connectivity index (χ2v) is 6.32. The van der Waals surface area contributed by atoms with Gasteiger partial charge in [0.1, 0.15) is 0 Å². The van der Waals surface area contributed by atoms with Crippen molar-refractivity contribution in [1.82, 2.24) is 15.1 Å². The van der Waals surface area contributed by atoms with Gasteiger partial charge in [0.15, 0.2) is 0 Å². The molecule has 7 heteroatoms. The molecule has 2 aromatic carbocycles. The summed E-state index contributed by atoms with van der Waals surface area (Å²) in [6.07, 6.45) is 0. The van der Waals surface area contributed by atoms with E-state index >= 15 is 0 Å². The van der Waals surface area contributed by atoms with Crippen molar-refractivity contribution < 1.29 is 14.7 Å². The highest BCUT2D eigenvalue weighted by Crippen LogP contribution is 2.16. The molecule has 0 saturated heterocycles. The smallest absolute Gasteiger partial charge is 0.343 e. The molecule has 0 spiro atoms. The van der Waals surface area contributed by atoms with Gasteiger partial charge in [0.05, 0.1) is 16.5 Å². The SMILES string of the molecule is Cc1cc(C)c(CNC(=O)n2[nH]c3cccc(C(=O)O)c3c2=O)c(C)c1. The van der Waals surface area contributed by atoms with E-state index in [1.165, 1.54) is 12.1 Å². The molecule has 1 amide bonds. The first kappa shape index (κ1) is 17.5. The lowest BCUT2D eigenvalue weighted by atomic mass is 10.00. The van der Waals surface area contributed by atoms with Gasteiger partial charge in [-0.25, -0.2) is 9.59 Å². The largest absolute Gasteiger partial charge is 0.478 e. The highest BCUT2D eigenvalue weighted by Gasteiger charge is 2.18. The molecule has 7 nitrogen and oxygen atoms in total. The number of carboxylic acid groups (broad SMARTS) is 1. The molecule has 0 bridgehead atoms. The van der Waals surface area contributed by atoms with Crippen LogP contribution < -0.4 is 10.9 Å². The number of nitrogens with zero attached hydrogens (tertiary/aromatic N) is 1. The maximum Gasteiger partial charge on any atom is 0.343 e. The summed E-state index contributed by atoms with van der Waals surface area (Å²) in [5, 5.41) is 14.6. The van der Waals surface area contributed by atoms with Crippen LogP contribution in [-0.4, -0.2) is 26.9 Å². The number of H-pyrrole nitrogens is 1. The van der Waals surface area contributed by atoms with Crippen LogP contribution in [-0.2, 0) is 6.54 Å². The molecule has 1 heterocycles. The Labute approximate surface area is 149 Å². The molecule has 3 aromatic rings. The molecule has 0 fully saturated rings. The first-order chi connectivity index (χ1) is 12.3. The molecule has 0 unspecified atom stereocenters. The maximum absolute atomic E-state index is 12.5. The van der Waals surface area contributed by atoms with Crippen molar-refractivity contribution in [3.05, 3.63) is 68.5 Å². The van der Waals surface area contributed by atoms with Gasteiger partial charge in [0.25, 0.3) is 5.56 Å². The topological polar surface area (TPSA) is 104 Å². The van der Waals surface area contributed by atoms with Crippen LogP contribution in [0.4, 0.5) is 4.79 Å². The average molecular weight is 353 g/mol. The highest BCUT2D eigenvalue weighted by molar-refractivity contribution is 6.03. The number of hydrogen-bond donors (Lipinski definition) is 3. The van der Waals surface area contributed by atoms with Gasteiger partial charge in [-0.3, -0.25) is 9.89 Å². The predicted octanol–water partition coefficient (Wildman–Crippen LogP) is 2.71. The normalized spacial score (nSPS) is 10.9. The van der Waals surface area contributed by atoms with Crippen LogP contribution in [0, 0.1) is 20.8 Å². The van der Waals surface area contributed by atoms with Gasteiger partial charge in [0, 0.05) is 6.54 Å². The summed E-state index contributed by atoms with van der Waals surface area (Å²) >= 11 is 0. The third kappa shape index (κ3) is 2.99. The van der Waals surface area contributed by atoms with Crippen molar-refractivity contribution >= 4 is 22.9 Å². The fourth-order valence-electron chi connectivity index (χ4n) is 3.21. The maximum atomic E-state index is 12.5. The van der Waals surface area contributed by atoms with Crippen molar-refractivity contribution in [2.24, 2.45) is 0 Å². The van der Waals surface area contributed by atoms with Crippen LogP contribution in [0.3, 0.4) is 0 Å². The fourth-order valence-corrected chi connectivity index (χ4v) is 3.21. The molecular weight excluding hydrogens is 334 g/mol. The second kappa shape index (κ2) is 6.51. The van der Waals surface area contributed by atoms with Crippen molar-refractivity contribution in [1.29, 1.82) is 0 Å². The minimum absolute atomic E-state index is 0.0159. The molecule has 0 aliphatic rings. The monoisotopic (exact) mass is 353 g/mol.